The molecule has 1 atom stereocenters. The summed E-state index contributed by atoms with van der Waals surface area (Å²) >= 11 is 1.36. The fourth-order valence-corrected chi connectivity index (χ4v) is 3.50. The highest BCUT2D eigenvalue weighted by Gasteiger charge is 2.26. The molecule has 1 aromatic heterocycles. The fourth-order valence-electron chi connectivity index (χ4n) is 2.69. The second-order valence-corrected chi connectivity index (χ2v) is 6.86. The molecule has 2 aromatic rings. The molecule has 0 saturated carbocycles. The van der Waals surface area contributed by atoms with Gasteiger partial charge in [0.1, 0.15) is 5.82 Å². The topological polar surface area (TPSA) is 49.3 Å². The first-order chi connectivity index (χ1) is 11.6. The van der Waals surface area contributed by atoms with Crippen LogP contribution in [0.2, 0.25) is 0 Å². The maximum Gasteiger partial charge on any atom is 0.236 e. The number of carbonyl (C=O) groups is 1. The number of anilines is 1. The van der Waals surface area contributed by atoms with E-state index in [4.69, 9.17) is 0 Å². The van der Waals surface area contributed by atoms with E-state index in [1.54, 1.807) is 30.6 Å². The SMILES string of the molecule is CC(Sc1ncccn1)C(=O)N1CCN(c2ccccc2F)CC1. The van der Waals surface area contributed by atoms with Crippen molar-refractivity contribution in [1.82, 2.24) is 14.9 Å². The number of rotatable bonds is 4. The molecule has 3 rings (SSSR count). The fraction of sp³-hybridized carbons (Fsp3) is 0.353. The highest BCUT2D eigenvalue weighted by atomic mass is 32.2. The number of thioether (sulfide) groups is 1. The molecule has 126 valence electrons. The number of carbonyl (C=O) groups excluding carboxylic acids is 1. The van der Waals surface area contributed by atoms with Crippen molar-refractivity contribution in [2.24, 2.45) is 0 Å². The Morgan fingerprint density at radius 1 is 1.12 bits per heavy atom. The van der Waals surface area contributed by atoms with Crippen molar-refractivity contribution in [3.8, 4) is 0 Å². The van der Waals surface area contributed by atoms with E-state index in [0.717, 1.165) is 0 Å². The van der Waals surface area contributed by atoms with Crippen LogP contribution in [0.1, 0.15) is 6.92 Å². The number of nitrogens with zero attached hydrogens (tertiary/aromatic N) is 4. The summed E-state index contributed by atoms with van der Waals surface area (Å²) in [6.45, 7) is 4.31. The Morgan fingerprint density at radius 2 is 1.79 bits per heavy atom. The first-order valence-corrected chi connectivity index (χ1v) is 8.75. The maximum atomic E-state index is 13.9. The predicted molar refractivity (Wildman–Crippen MR) is 92.5 cm³/mol. The minimum absolute atomic E-state index is 0.0700. The lowest BCUT2D eigenvalue weighted by Gasteiger charge is -2.37. The summed E-state index contributed by atoms with van der Waals surface area (Å²) in [5, 5.41) is 0.357. The van der Waals surface area contributed by atoms with Crippen molar-refractivity contribution >= 4 is 23.4 Å². The van der Waals surface area contributed by atoms with Gasteiger partial charge in [0.2, 0.25) is 5.91 Å². The number of piperazine rings is 1. The van der Waals surface area contributed by atoms with Gasteiger partial charge in [-0.25, -0.2) is 14.4 Å². The van der Waals surface area contributed by atoms with Crippen LogP contribution in [-0.2, 0) is 4.79 Å². The molecule has 0 aliphatic carbocycles. The minimum atomic E-state index is -0.243. The lowest BCUT2D eigenvalue weighted by atomic mass is 10.2. The summed E-state index contributed by atoms with van der Waals surface area (Å²) < 4.78 is 13.9. The second kappa shape index (κ2) is 7.61. The van der Waals surface area contributed by atoms with Crippen molar-refractivity contribution in [3.05, 3.63) is 48.5 Å². The molecular formula is C17H19FN4OS. The molecule has 1 fully saturated rings. The third kappa shape index (κ3) is 3.84. The Labute approximate surface area is 144 Å². The Bertz CT molecular complexity index is 692. The molecule has 0 bridgehead atoms. The van der Waals surface area contributed by atoms with Gasteiger partial charge in [-0.3, -0.25) is 4.79 Å². The second-order valence-electron chi connectivity index (χ2n) is 5.56. The van der Waals surface area contributed by atoms with Gasteiger partial charge in [-0.1, -0.05) is 23.9 Å². The lowest BCUT2D eigenvalue weighted by molar-refractivity contribution is -0.130. The monoisotopic (exact) mass is 346 g/mol. The highest BCUT2D eigenvalue weighted by Crippen LogP contribution is 2.23. The van der Waals surface area contributed by atoms with Crippen LogP contribution < -0.4 is 4.90 Å². The average molecular weight is 346 g/mol. The summed E-state index contributed by atoms with van der Waals surface area (Å²) in [7, 11) is 0. The zero-order valence-electron chi connectivity index (χ0n) is 13.4. The summed E-state index contributed by atoms with van der Waals surface area (Å²) in [4.78, 5) is 24.7. The third-order valence-electron chi connectivity index (χ3n) is 3.96. The zero-order valence-corrected chi connectivity index (χ0v) is 14.2. The van der Waals surface area contributed by atoms with Gasteiger partial charge in [0.15, 0.2) is 5.16 Å². The van der Waals surface area contributed by atoms with Crippen molar-refractivity contribution in [3.63, 3.8) is 0 Å². The number of aromatic nitrogens is 2. The number of amides is 1. The number of benzene rings is 1. The molecule has 1 aliphatic heterocycles. The number of hydrogen-bond acceptors (Lipinski definition) is 5. The molecular weight excluding hydrogens is 327 g/mol. The van der Waals surface area contributed by atoms with E-state index < -0.39 is 0 Å². The van der Waals surface area contributed by atoms with Crippen LogP contribution in [-0.4, -0.2) is 52.2 Å². The Kier molecular flexibility index (Phi) is 5.30. The first kappa shape index (κ1) is 16.7. The Hall–Kier alpha value is -2.15. The van der Waals surface area contributed by atoms with Gasteiger partial charge in [-0.05, 0) is 25.1 Å². The molecule has 24 heavy (non-hydrogen) atoms. The minimum Gasteiger partial charge on any atom is -0.366 e. The van der Waals surface area contributed by atoms with E-state index in [1.165, 1.54) is 17.8 Å². The van der Waals surface area contributed by atoms with Crippen LogP contribution in [0.3, 0.4) is 0 Å². The van der Waals surface area contributed by atoms with Crippen LogP contribution in [0.5, 0.6) is 0 Å². The van der Waals surface area contributed by atoms with Crippen molar-refractivity contribution in [2.45, 2.75) is 17.3 Å². The smallest absolute Gasteiger partial charge is 0.236 e. The van der Waals surface area contributed by atoms with E-state index in [2.05, 4.69) is 9.97 Å². The van der Waals surface area contributed by atoms with Gasteiger partial charge in [-0.15, -0.1) is 0 Å². The Balaban J connectivity index is 1.56. The average Bonchev–Trinajstić information content (AvgIpc) is 2.62. The van der Waals surface area contributed by atoms with Crippen molar-refractivity contribution < 1.29 is 9.18 Å². The molecule has 0 N–H and O–H groups in total. The highest BCUT2D eigenvalue weighted by molar-refractivity contribution is 8.00. The molecule has 0 spiro atoms. The molecule has 2 heterocycles. The molecule has 1 unspecified atom stereocenters. The van der Waals surface area contributed by atoms with E-state index in [0.29, 0.717) is 37.0 Å². The van der Waals surface area contributed by atoms with Gasteiger partial charge < -0.3 is 9.80 Å². The van der Waals surface area contributed by atoms with E-state index in [1.807, 2.05) is 22.8 Å². The van der Waals surface area contributed by atoms with Crippen LogP contribution in [0.15, 0.2) is 47.9 Å². The van der Waals surface area contributed by atoms with Crippen molar-refractivity contribution in [2.75, 3.05) is 31.1 Å². The molecule has 7 heteroatoms. The Morgan fingerprint density at radius 3 is 2.46 bits per heavy atom. The maximum absolute atomic E-state index is 13.9. The molecule has 1 amide bonds. The van der Waals surface area contributed by atoms with Crippen molar-refractivity contribution in [1.29, 1.82) is 0 Å². The van der Waals surface area contributed by atoms with Gasteiger partial charge in [-0.2, -0.15) is 0 Å². The summed E-state index contributed by atoms with van der Waals surface area (Å²) in [5.41, 5.74) is 0.602. The molecule has 5 nitrogen and oxygen atoms in total. The normalized spacial score (nSPS) is 16.1. The summed E-state index contributed by atoms with van der Waals surface area (Å²) in [6, 6.07) is 8.50. The van der Waals surface area contributed by atoms with Crippen LogP contribution in [0, 0.1) is 5.82 Å². The lowest BCUT2D eigenvalue weighted by Crippen LogP contribution is -2.50. The van der Waals surface area contributed by atoms with Crippen LogP contribution in [0.25, 0.3) is 0 Å². The van der Waals surface area contributed by atoms with E-state index in [-0.39, 0.29) is 17.0 Å². The van der Waals surface area contributed by atoms with E-state index in [9.17, 15) is 9.18 Å². The largest absolute Gasteiger partial charge is 0.366 e. The van der Waals surface area contributed by atoms with E-state index >= 15 is 0 Å². The summed E-state index contributed by atoms with van der Waals surface area (Å²) in [6.07, 6.45) is 3.33. The zero-order chi connectivity index (χ0) is 16.9. The molecule has 1 saturated heterocycles. The summed E-state index contributed by atoms with van der Waals surface area (Å²) in [5.74, 6) is -0.150. The van der Waals surface area contributed by atoms with Gasteiger partial charge in [0, 0.05) is 38.6 Å². The first-order valence-electron chi connectivity index (χ1n) is 7.87. The molecule has 1 aliphatic rings. The van der Waals surface area contributed by atoms with Gasteiger partial charge in [0.25, 0.3) is 0 Å². The third-order valence-corrected chi connectivity index (χ3v) is 4.93. The quantitative estimate of drug-likeness (QED) is 0.629. The number of para-hydroxylation sites is 1. The molecule has 0 radical (unpaired) electrons. The van der Waals surface area contributed by atoms with Crippen LogP contribution in [0.4, 0.5) is 10.1 Å². The predicted octanol–water partition coefficient (Wildman–Crippen LogP) is 2.45. The number of halogens is 1. The number of hydrogen-bond donors (Lipinski definition) is 0. The molecule has 1 aromatic carbocycles. The standard InChI is InChI=1S/C17H19FN4OS/c1-13(24-17-19-7-4-8-20-17)16(23)22-11-9-21(10-12-22)15-6-3-2-5-14(15)18/h2-8,13H,9-12H2,1H3. The van der Waals surface area contributed by atoms with Gasteiger partial charge >= 0.3 is 0 Å². The van der Waals surface area contributed by atoms with Crippen LogP contribution >= 0.6 is 11.8 Å². The van der Waals surface area contributed by atoms with Gasteiger partial charge in [0.05, 0.1) is 10.9 Å².